The van der Waals surface area contributed by atoms with E-state index in [-0.39, 0.29) is 54.7 Å². The van der Waals surface area contributed by atoms with Gasteiger partial charge in [0.2, 0.25) is 0 Å². The fourth-order valence-electron chi connectivity index (χ4n) is 7.02. The monoisotopic (exact) mass is 966 g/mol. The number of allylic oxidation sites excluding steroid dienone is 8. The SMILES string of the molecule is CCCCCC(CC)c1cc(S(=O)(=O)Nc2ccc(F)[c-]c2F)ccc1C.CCCCCC(CC)c1cc(S(=O)(=O)Nc2ccc(F)[c-]c2F)ccc1C.[C-]1=CC=CC1.[C-]1=CC=CC1.[Ti+4]. The molecule has 0 spiro atoms. The van der Waals surface area contributed by atoms with Crippen LogP contribution < -0.4 is 9.44 Å². The number of nitrogens with one attached hydrogen (secondary N) is 2. The molecular weight excluding hydrogens is 905 g/mol. The Bertz CT molecular complexity index is 2250. The number of halogens is 4. The largest absolute Gasteiger partial charge is 4.00 e. The third-order valence-corrected chi connectivity index (χ3v) is 13.4. The number of hydrogen-bond acceptors (Lipinski definition) is 4. The van der Waals surface area contributed by atoms with E-state index in [1.165, 1.54) is 12.1 Å². The first-order chi connectivity index (χ1) is 30.6. The van der Waals surface area contributed by atoms with Gasteiger partial charge >= 0.3 is 21.7 Å². The van der Waals surface area contributed by atoms with E-state index in [1.807, 2.05) is 50.3 Å². The summed E-state index contributed by atoms with van der Waals surface area (Å²) < 4.78 is 109. The summed E-state index contributed by atoms with van der Waals surface area (Å²) in [6, 6.07) is 17.6. The Kier molecular flexibility index (Phi) is 25.8. The second-order valence-corrected chi connectivity index (χ2v) is 18.9. The fraction of sp³-hybridized carbons (Fsp3) is 0.385. The zero-order valence-electron chi connectivity index (χ0n) is 38.3. The van der Waals surface area contributed by atoms with Gasteiger partial charge in [0.05, 0.1) is 9.79 Å². The van der Waals surface area contributed by atoms with Gasteiger partial charge < -0.3 is 9.44 Å². The third kappa shape index (κ3) is 19.3. The van der Waals surface area contributed by atoms with Gasteiger partial charge in [0.15, 0.2) is 0 Å². The molecular formula is C52H62F4N2O4S2Ti. The minimum absolute atomic E-state index is 0. The smallest absolute Gasteiger partial charge is 0.330 e. The van der Waals surface area contributed by atoms with Crippen molar-refractivity contribution in [2.45, 2.75) is 140 Å². The molecule has 4 aromatic carbocycles. The molecule has 2 atom stereocenters. The van der Waals surface area contributed by atoms with Gasteiger partial charge in [0.25, 0.3) is 20.0 Å². The first-order valence-electron chi connectivity index (χ1n) is 22.0. The molecule has 0 aliphatic heterocycles. The van der Waals surface area contributed by atoms with E-state index in [4.69, 9.17) is 0 Å². The first kappa shape index (κ1) is 56.9. The fourth-order valence-corrected chi connectivity index (χ4v) is 9.21. The van der Waals surface area contributed by atoms with Crippen molar-refractivity contribution in [2.75, 3.05) is 9.44 Å². The number of unbranched alkanes of at least 4 members (excludes halogenated alkanes) is 4. The van der Waals surface area contributed by atoms with Crippen LogP contribution >= 0.6 is 0 Å². The van der Waals surface area contributed by atoms with E-state index in [0.29, 0.717) is 0 Å². The number of benzene rings is 4. The Morgan fingerprint density at radius 3 is 1.23 bits per heavy atom. The summed E-state index contributed by atoms with van der Waals surface area (Å²) in [6.45, 7) is 12.4. The van der Waals surface area contributed by atoms with Crippen LogP contribution in [0.4, 0.5) is 28.9 Å². The van der Waals surface area contributed by atoms with Gasteiger partial charge in [0.1, 0.15) is 0 Å². The third-order valence-electron chi connectivity index (χ3n) is 10.7. The molecule has 0 amide bonds. The molecule has 0 saturated carbocycles. The van der Waals surface area contributed by atoms with E-state index in [9.17, 15) is 34.4 Å². The van der Waals surface area contributed by atoms with Gasteiger partial charge in [-0.2, -0.15) is 12.2 Å². The van der Waals surface area contributed by atoms with Gasteiger partial charge in [0, 0.05) is 23.3 Å². The van der Waals surface area contributed by atoms with Crippen LogP contribution in [0.1, 0.15) is 139 Å². The van der Waals surface area contributed by atoms with Crippen LogP contribution in [0.5, 0.6) is 0 Å². The molecule has 2 N–H and O–H groups in total. The van der Waals surface area contributed by atoms with Crippen molar-refractivity contribution in [3.8, 4) is 0 Å². The van der Waals surface area contributed by atoms with Crippen LogP contribution in [0.25, 0.3) is 0 Å². The molecule has 6 nitrogen and oxygen atoms in total. The van der Waals surface area contributed by atoms with Crippen LogP contribution in [0.15, 0.2) is 107 Å². The van der Waals surface area contributed by atoms with Crippen LogP contribution in [0.2, 0.25) is 0 Å². The maximum absolute atomic E-state index is 13.8. The van der Waals surface area contributed by atoms with Crippen molar-refractivity contribution in [1.82, 2.24) is 0 Å². The van der Waals surface area contributed by atoms with Gasteiger partial charge in [-0.05, 0) is 109 Å². The van der Waals surface area contributed by atoms with Crippen molar-refractivity contribution in [3.63, 3.8) is 0 Å². The summed E-state index contributed by atoms with van der Waals surface area (Å²) in [6.07, 6.45) is 30.6. The predicted molar refractivity (Wildman–Crippen MR) is 252 cm³/mol. The summed E-state index contributed by atoms with van der Waals surface area (Å²) in [5.41, 5.74) is 3.43. The predicted octanol–water partition coefficient (Wildman–Crippen LogP) is 14.5. The second kappa shape index (κ2) is 29.4. The average molecular weight is 967 g/mol. The van der Waals surface area contributed by atoms with Crippen LogP contribution in [0.3, 0.4) is 0 Å². The van der Waals surface area contributed by atoms with Crippen LogP contribution in [0, 0.1) is 61.4 Å². The minimum atomic E-state index is -3.99. The number of rotatable bonds is 18. The summed E-state index contributed by atoms with van der Waals surface area (Å²) in [7, 11) is -7.97. The normalized spacial score (nSPS) is 13.3. The summed E-state index contributed by atoms with van der Waals surface area (Å²) in [5.74, 6) is -3.35. The molecule has 65 heavy (non-hydrogen) atoms. The Morgan fingerprint density at radius 2 is 0.954 bits per heavy atom. The molecule has 0 radical (unpaired) electrons. The van der Waals surface area contributed by atoms with Gasteiger partial charge in [-0.1, -0.05) is 78.4 Å². The van der Waals surface area contributed by atoms with Gasteiger partial charge in [-0.3, -0.25) is 12.2 Å². The standard InChI is InChI=1S/2C21H26F2NO2S.2C5H5.Ti/c2*1-4-6-7-8-16(5-2)19-14-18(11-9-15(19)3)27(25,26)24-21-12-10-17(22)13-20(21)23;2*1-2-4-5-3-1;/h2*9-12,14,16,24H,4-8H2,1-3H3;2*1-3H,4H2;/q4*-1;+4. The molecule has 0 bridgehead atoms. The molecule has 348 valence electrons. The van der Waals surface area contributed by atoms with E-state index < -0.39 is 43.3 Å². The number of aryl methyl sites for hydroxylation is 2. The van der Waals surface area contributed by atoms with Crippen molar-refractivity contribution in [1.29, 1.82) is 0 Å². The average Bonchev–Trinajstić information content (AvgIpc) is 4.06. The Hall–Kier alpha value is -4.23. The number of hydrogen-bond donors (Lipinski definition) is 2. The molecule has 2 unspecified atom stereocenters. The van der Waals surface area contributed by atoms with Crippen molar-refractivity contribution >= 4 is 31.4 Å². The van der Waals surface area contributed by atoms with Crippen LogP contribution in [-0.4, -0.2) is 16.8 Å². The van der Waals surface area contributed by atoms with E-state index in [0.717, 1.165) is 124 Å². The number of anilines is 2. The molecule has 4 aromatic rings. The number of sulfonamides is 2. The summed E-state index contributed by atoms with van der Waals surface area (Å²) in [5, 5.41) is 0. The van der Waals surface area contributed by atoms with Gasteiger partial charge in [-0.25, -0.2) is 58.7 Å². The molecule has 0 fully saturated rings. The Morgan fingerprint density at radius 1 is 0.569 bits per heavy atom. The molecule has 0 heterocycles. The summed E-state index contributed by atoms with van der Waals surface area (Å²) >= 11 is 0. The molecule has 6 rings (SSSR count). The van der Waals surface area contributed by atoms with E-state index in [1.54, 1.807) is 24.3 Å². The first-order valence-corrected chi connectivity index (χ1v) is 25.0. The topological polar surface area (TPSA) is 92.3 Å². The van der Waals surface area contributed by atoms with Gasteiger partial charge in [-0.15, -0.1) is 49.2 Å². The van der Waals surface area contributed by atoms with Crippen molar-refractivity contribution in [2.24, 2.45) is 0 Å². The zero-order chi connectivity index (χ0) is 47.1. The maximum Gasteiger partial charge on any atom is 4.00 e. The second-order valence-electron chi connectivity index (χ2n) is 15.5. The van der Waals surface area contributed by atoms with E-state index >= 15 is 0 Å². The Balaban J connectivity index is 0.000000361. The molecule has 2 aliphatic rings. The van der Waals surface area contributed by atoms with Crippen LogP contribution in [-0.2, 0) is 41.8 Å². The molecule has 0 aromatic heterocycles. The minimum Gasteiger partial charge on any atom is -0.330 e. The quantitative estimate of drug-likeness (QED) is 0.0450. The molecule has 2 aliphatic carbocycles. The van der Waals surface area contributed by atoms with E-state index in [2.05, 4.69) is 61.4 Å². The molecule has 0 saturated heterocycles. The van der Waals surface area contributed by atoms with Crippen molar-refractivity contribution < 1.29 is 56.1 Å². The Labute approximate surface area is 401 Å². The zero-order valence-corrected chi connectivity index (χ0v) is 41.5. The maximum atomic E-state index is 13.8. The molecule has 13 heteroatoms. The van der Waals surface area contributed by atoms with Crippen molar-refractivity contribution in [3.05, 3.63) is 167 Å². The summed E-state index contributed by atoms with van der Waals surface area (Å²) in [4.78, 5) is 0.140.